The summed E-state index contributed by atoms with van der Waals surface area (Å²) in [5.74, 6) is 2.20. The lowest BCUT2D eigenvalue weighted by Crippen LogP contribution is -2.63. The summed E-state index contributed by atoms with van der Waals surface area (Å²) in [6, 6.07) is 26.8. The summed E-state index contributed by atoms with van der Waals surface area (Å²) in [7, 11) is 0. The Morgan fingerprint density at radius 2 is 1.07 bits per heavy atom. The summed E-state index contributed by atoms with van der Waals surface area (Å²) < 4.78 is 7.61. The molecular formula is C54H67BN2O. The number of anilines is 6. The van der Waals surface area contributed by atoms with E-state index in [0.29, 0.717) is 0 Å². The quantitative estimate of drug-likeness (QED) is 0.163. The first-order valence-electron chi connectivity index (χ1n) is 22.1. The number of hydrogen-bond acceptors (Lipinski definition) is 3. The molecule has 0 N–H and O–H groups in total. The van der Waals surface area contributed by atoms with Gasteiger partial charge in [-0.3, -0.25) is 4.90 Å². The standard InChI is InChI=1S/C54H67BN2O/c1-32-27-42-45-43(28-32)57(41-31-38-37(29-33(41)2)51(9,10)23-24-52(38,11)12)48-46(44-47(58-48)54(15,16)26-25-53(44,13)14)55(45)39-30-35(50(6,7)8)19-22-40(39)56(42)36-20-17-34(18-21-36)49(3,4)5/h17-22,27-31H,23-26H2,1-16H3. The van der Waals surface area contributed by atoms with E-state index >= 15 is 0 Å². The third-order valence-corrected chi connectivity index (χ3v) is 15.0. The molecule has 0 amide bonds. The van der Waals surface area contributed by atoms with Crippen LogP contribution in [0.1, 0.15) is 167 Å². The molecule has 2 aliphatic heterocycles. The molecule has 0 saturated heterocycles. The van der Waals surface area contributed by atoms with Gasteiger partial charge in [0.25, 0.3) is 6.71 Å². The molecule has 4 aliphatic rings. The monoisotopic (exact) mass is 771 g/mol. The molecule has 0 spiro atoms. The van der Waals surface area contributed by atoms with Gasteiger partial charge in [-0.05, 0) is 158 Å². The van der Waals surface area contributed by atoms with Crippen LogP contribution >= 0.6 is 0 Å². The van der Waals surface area contributed by atoms with Crippen LogP contribution in [0, 0.1) is 13.8 Å². The molecule has 302 valence electrons. The molecule has 1 aromatic heterocycles. The van der Waals surface area contributed by atoms with Gasteiger partial charge in [0.15, 0.2) is 5.88 Å². The summed E-state index contributed by atoms with van der Waals surface area (Å²) in [5.41, 5.74) is 20.2. The van der Waals surface area contributed by atoms with Crippen LogP contribution in [0.25, 0.3) is 0 Å². The van der Waals surface area contributed by atoms with E-state index < -0.39 is 0 Å². The number of hydrogen-bond donors (Lipinski definition) is 0. The average Bonchev–Trinajstić information content (AvgIpc) is 3.54. The minimum atomic E-state index is -0.0820. The van der Waals surface area contributed by atoms with Crippen molar-refractivity contribution in [3.05, 3.63) is 111 Å². The third-order valence-electron chi connectivity index (χ3n) is 15.0. The van der Waals surface area contributed by atoms with Crippen LogP contribution in [0.2, 0.25) is 0 Å². The van der Waals surface area contributed by atoms with Crippen LogP contribution in [-0.4, -0.2) is 6.71 Å². The second-order valence-corrected chi connectivity index (χ2v) is 23.4. The average molecular weight is 771 g/mol. The van der Waals surface area contributed by atoms with Crippen molar-refractivity contribution in [2.24, 2.45) is 0 Å². The van der Waals surface area contributed by atoms with Gasteiger partial charge in [-0.25, -0.2) is 0 Å². The Bertz CT molecular complexity index is 2510. The highest BCUT2D eigenvalue weighted by atomic mass is 16.4. The van der Waals surface area contributed by atoms with Crippen LogP contribution in [0.4, 0.5) is 34.3 Å². The minimum Gasteiger partial charge on any atom is -0.444 e. The Morgan fingerprint density at radius 3 is 1.67 bits per heavy atom. The summed E-state index contributed by atoms with van der Waals surface area (Å²) in [5, 5.41) is 0. The van der Waals surface area contributed by atoms with E-state index in [4.69, 9.17) is 4.42 Å². The van der Waals surface area contributed by atoms with E-state index in [9.17, 15) is 0 Å². The molecule has 4 aromatic carbocycles. The SMILES string of the molecule is Cc1cc2c3c(c1)N(c1cc4c(cc1C)C(C)(C)CCC4(C)C)c1oc4c(c1B3c1cc(C(C)(C)C)ccc1N2c1ccc(C(C)(C)C)cc1)C(C)(C)CCC4(C)C. The van der Waals surface area contributed by atoms with Crippen LogP contribution in [0.5, 0.6) is 0 Å². The maximum Gasteiger partial charge on any atom is 0.256 e. The van der Waals surface area contributed by atoms with Gasteiger partial charge >= 0.3 is 0 Å². The summed E-state index contributed by atoms with van der Waals surface area (Å²) >= 11 is 0. The van der Waals surface area contributed by atoms with Gasteiger partial charge in [0, 0.05) is 28.2 Å². The number of aryl methyl sites for hydroxylation is 2. The Morgan fingerprint density at radius 1 is 0.534 bits per heavy atom. The lowest BCUT2D eigenvalue weighted by Gasteiger charge is -2.46. The van der Waals surface area contributed by atoms with Crippen LogP contribution < -0.4 is 26.2 Å². The molecule has 0 radical (unpaired) electrons. The summed E-state index contributed by atoms with van der Waals surface area (Å²) in [6.07, 6.45) is 4.60. The largest absolute Gasteiger partial charge is 0.444 e. The topological polar surface area (TPSA) is 19.6 Å². The number of rotatable bonds is 2. The second kappa shape index (κ2) is 12.2. The van der Waals surface area contributed by atoms with E-state index in [1.807, 2.05) is 0 Å². The van der Waals surface area contributed by atoms with Gasteiger partial charge in [-0.15, -0.1) is 0 Å². The molecule has 3 heterocycles. The minimum absolute atomic E-state index is 0.00790. The van der Waals surface area contributed by atoms with Crippen molar-refractivity contribution in [1.29, 1.82) is 0 Å². The summed E-state index contributed by atoms with van der Waals surface area (Å²) in [6.45, 7) is 38.2. The van der Waals surface area contributed by atoms with Crippen molar-refractivity contribution in [1.82, 2.24) is 0 Å². The van der Waals surface area contributed by atoms with Gasteiger partial charge in [0.1, 0.15) is 5.76 Å². The van der Waals surface area contributed by atoms with Gasteiger partial charge in [-0.1, -0.05) is 127 Å². The molecule has 2 aliphatic carbocycles. The highest BCUT2D eigenvalue weighted by Crippen LogP contribution is 2.55. The number of furan rings is 1. The number of benzene rings is 4. The van der Waals surface area contributed by atoms with E-state index in [1.165, 1.54) is 102 Å². The zero-order valence-corrected chi connectivity index (χ0v) is 38.6. The van der Waals surface area contributed by atoms with Gasteiger partial charge < -0.3 is 9.32 Å². The fraction of sp³-hybridized carbons (Fsp3) is 0.481. The van der Waals surface area contributed by atoms with Crippen molar-refractivity contribution in [2.75, 3.05) is 9.80 Å². The fourth-order valence-corrected chi connectivity index (χ4v) is 11.0. The number of fused-ring (bicyclic) bond motifs is 7. The van der Waals surface area contributed by atoms with E-state index in [1.54, 1.807) is 0 Å². The summed E-state index contributed by atoms with van der Waals surface area (Å²) in [4.78, 5) is 5.15. The first-order valence-corrected chi connectivity index (χ1v) is 22.1. The van der Waals surface area contributed by atoms with E-state index in [2.05, 4.69) is 187 Å². The molecular weight excluding hydrogens is 703 g/mol. The van der Waals surface area contributed by atoms with Crippen molar-refractivity contribution in [2.45, 2.75) is 169 Å². The predicted molar refractivity (Wildman–Crippen MR) is 250 cm³/mol. The molecule has 9 rings (SSSR count). The Balaban J connectivity index is 1.42. The Kier molecular flexibility index (Phi) is 8.27. The number of nitrogens with zero attached hydrogens (tertiary/aromatic N) is 2. The first-order chi connectivity index (χ1) is 26.8. The molecule has 0 unspecified atom stereocenters. The van der Waals surface area contributed by atoms with Crippen LogP contribution in [-0.2, 0) is 32.5 Å². The van der Waals surface area contributed by atoms with Crippen molar-refractivity contribution < 1.29 is 4.42 Å². The smallest absolute Gasteiger partial charge is 0.256 e. The second-order valence-electron chi connectivity index (χ2n) is 23.4. The first kappa shape index (κ1) is 39.3. The maximum absolute atomic E-state index is 7.61. The lowest BCUT2D eigenvalue weighted by molar-refractivity contribution is 0.280. The normalized spacial score (nSPS) is 19.6. The van der Waals surface area contributed by atoms with Crippen molar-refractivity contribution >= 4 is 57.4 Å². The fourth-order valence-electron chi connectivity index (χ4n) is 11.0. The lowest BCUT2D eigenvalue weighted by atomic mass is 9.32. The molecule has 0 atom stereocenters. The van der Waals surface area contributed by atoms with Gasteiger partial charge in [0.2, 0.25) is 0 Å². The zero-order valence-electron chi connectivity index (χ0n) is 38.6. The third kappa shape index (κ3) is 5.73. The maximum atomic E-state index is 7.61. The van der Waals surface area contributed by atoms with E-state index in [-0.39, 0.29) is 39.2 Å². The molecule has 0 saturated carbocycles. The molecule has 5 aromatic rings. The Hall–Kier alpha value is -4.18. The zero-order chi connectivity index (χ0) is 41.9. The van der Waals surface area contributed by atoms with Crippen LogP contribution in [0.15, 0.2) is 71.1 Å². The molecule has 58 heavy (non-hydrogen) atoms. The molecule has 3 nitrogen and oxygen atoms in total. The molecule has 4 heteroatoms. The molecule has 0 bridgehead atoms. The highest BCUT2D eigenvalue weighted by Gasteiger charge is 2.53. The van der Waals surface area contributed by atoms with Gasteiger partial charge in [-0.2, -0.15) is 0 Å². The Labute approximate surface area is 350 Å². The predicted octanol–water partition coefficient (Wildman–Crippen LogP) is 13.3. The van der Waals surface area contributed by atoms with E-state index in [0.717, 1.165) is 18.7 Å². The van der Waals surface area contributed by atoms with Crippen molar-refractivity contribution in [3.8, 4) is 0 Å². The van der Waals surface area contributed by atoms with Crippen LogP contribution in [0.3, 0.4) is 0 Å². The molecule has 0 fully saturated rings. The van der Waals surface area contributed by atoms with Crippen molar-refractivity contribution in [3.63, 3.8) is 0 Å². The van der Waals surface area contributed by atoms with Gasteiger partial charge in [0.05, 0.1) is 5.69 Å². The highest BCUT2D eigenvalue weighted by molar-refractivity contribution is 7.00.